The van der Waals surface area contributed by atoms with Crippen LogP contribution in [0, 0.1) is 35.6 Å². The molecule has 0 amide bonds. The zero-order valence-electron chi connectivity index (χ0n) is 32.7. The van der Waals surface area contributed by atoms with Crippen molar-refractivity contribution in [2.45, 2.75) is 86.5 Å². The molecule has 0 heterocycles. The van der Waals surface area contributed by atoms with E-state index in [2.05, 4.69) is 140 Å². The standard InChI is InChI=1S/C25H25.C10H15.2C6H4Cl.CH2.2ClH.Zr/c1-14-12-24(3,4)22-8-16-7-17-9-23-19(15(2)13-25(23,5)6)11-21(17)20(16)10-18(14)22;1-8-5-6-9(7-8)10(2,3)4;2*7-6-4-2-1-3-5-6;;;;/h8-12H,7H2,1-6H3;6-8H,1-4H3;2*1-2,4-5H;1H2;2*1H;/q4*-1;;;;. The number of fused-ring (bicyclic) bond motifs is 5. The van der Waals surface area contributed by atoms with Gasteiger partial charge in [0.2, 0.25) is 0 Å². The number of hydrogen-bond acceptors (Lipinski definition) is 0. The Morgan fingerprint density at radius 1 is 0.774 bits per heavy atom. The summed E-state index contributed by atoms with van der Waals surface area (Å²) in [5.41, 5.74) is 16.3. The van der Waals surface area contributed by atoms with E-state index < -0.39 is 0 Å². The Kier molecular flexibility index (Phi) is 17.3. The quantitative estimate of drug-likeness (QED) is 0.136. The van der Waals surface area contributed by atoms with Gasteiger partial charge in [-0.25, -0.2) is 11.6 Å². The van der Waals surface area contributed by atoms with Crippen LogP contribution in [0.15, 0.2) is 96.6 Å². The van der Waals surface area contributed by atoms with E-state index in [1.807, 2.05) is 36.4 Å². The molecule has 4 aliphatic carbocycles. The number of hydrogen-bond donors (Lipinski definition) is 0. The van der Waals surface area contributed by atoms with E-state index >= 15 is 0 Å². The molecule has 1 atom stereocenters. The molecule has 0 N–H and O–H groups in total. The summed E-state index contributed by atoms with van der Waals surface area (Å²) in [6.07, 6.45) is 14.8. The number of allylic oxidation sites excluding steroid dienone is 8. The van der Waals surface area contributed by atoms with Crippen molar-refractivity contribution in [1.82, 2.24) is 0 Å². The molecule has 1 unspecified atom stereocenters. The summed E-state index contributed by atoms with van der Waals surface area (Å²) in [5.74, 6) is 0.522. The van der Waals surface area contributed by atoms with Crippen LogP contribution >= 0.6 is 48.0 Å². The van der Waals surface area contributed by atoms with Crippen molar-refractivity contribution >= 4 is 63.4 Å². The van der Waals surface area contributed by atoms with Crippen LogP contribution in [0.2, 0.25) is 10.0 Å². The maximum atomic E-state index is 5.51. The third-order valence-electron chi connectivity index (χ3n) is 9.57. The molecule has 0 aliphatic heterocycles. The molecule has 0 saturated heterocycles. The Balaban J connectivity index is 0.000000287. The van der Waals surface area contributed by atoms with Gasteiger partial charge in [0.25, 0.3) is 0 Å². The fraction of sp³-hybridized carbons (Fsp3) is 0.312. The average molecular weight is 862 g/mol. The molecule has 8 rings (SSSR count). The molecule has 0 nitrogen and oxygen atoms in total. The van der Waals surface area contributed by atoms with Crippen molar-refractivity contribution < 1.29 is 24.2 Å². The summed E-state index contributed by atoms with van der Waals surface area (Å²) >= 11 is 12.3. The number of halogens is 4. The molecular weight excluding hydrogens is 810 g/mol. The van der Waals surface area contributed by atoms with Gasteiger partial charge >= 0.3 is 28.4 Å². The first kappa shape index (κ1) is 46.9. The summed E-state index contributed by atoms with van der Waals surface area (Å²) in [7, 11) is 0. The second-order valence-electron chi connectivity index (χ2n) is 15.6. The van der Waals surface area contributed by atoms with Crippen molar-refractivity contribution in [2.75, 3.05) is 0 Å². The van der Waals surface area contributed by atoms with Crippen molar-refractivity contribution in [2.24, 2.45) is 11.3 Å². The first-order valence-electron chi connectivity index (χ1n) is 17.5. The molecule has 53 heavy (non-hydrogen) atoms. The summed E-state index contributed by atoms with van der Waals surface area (Å²) in [6, 6.07) is 29.9. The van der Waals surface area contributed by atoms with Gasteiger partial charge in [-0.1, -0.05) is 107 Å². The van der Waals surface area contributed by atoms with Crippen molar-refractivity contribution in [1.29, 1.82) is 0 Å². The molecule has 0 fully saturated rings. The molecule has 0 spiro atoms. The van der Waals surface area contributed by atoms with E-state index in [0.29, 0.717) is 11.3 Å². The SMILES string of the molecule is CC1=[C-]C(C)(C)c2cc3c(cc21)-c1cc2c(cc1C3)C(C)(C)C=C2C.CC1[C-]=CC(C(C)(C)C)=C1.Cl.Cl.Clc1c[c-]ccc1.Clc1c[c-]ccc1.[CH2]=[Zr]. The number of benzene rings is 4. The van der Waals surface area contributed by atoms with Gasteiger partial charge in [-0.3, -0.25) is 12.2 Å². The minimum atomic E-state index is 0. The Labute approximate surface area is 358 Å². The Morgan fingerprint density at radius 3 is 1.68 bits per heavy atom. The predicted molar refractivity (Wildman–Crippen MR) is 233 cm³/mol. The second-order valence-corrected chi connectivity index (χ2v) is 16.5. The molecule has 4 aromatic rings. The molecule has 4 aliphatic rings. The molecular formula is C48H52Cl4Zr-4. The van der Waals surface area contributed by atoms with Crippen LogP contribution in [-0.2, 0) is 41.5 Å². The molecule has 0 bridgehead atoms. The molecule has 5 heteroatoms. The van der Waals surface area contributed by atoms with Gasteiger partial charge in [0.15, 0.2) is 0 Å². The fourth-order valence-electron chi connectivity index (χ4n) is 7.07. The third kappa shape index (κ3) is 11.6. The van der Waals surface area contributed by atoms with Gasteiger partial charge in [0.1, 0.15) is 0 Å². The van der Waals surface area contributed by atoms with Crippen LogP contribution in [-0.4, -0.2) is 4.21 Å². The second kappa shape index (κ2) is 19.6. The normalized spacial score (nSPS) is 16.8. The van der Waals surface area contributed by atoms with E-state index in [4.69, 9.17) is 23.2 Å². The zero-order valence-corrected chi connectivity index (χ0v) is 38.3. The minimum absolute atomic E-state index is 0. The van der Waals surface area contributed by atoms with E-state index in [0.717, 1.165) is 16.5 Å². The van der Waals surface area contributed by atoms with Crippen LogP contribution in [0.4, 0.5) is 0 Å². The van der Waals surface area contributed by atoms with Gasteiger partial charge < -0.3 is 0 Å². The monoisotopic (exact) mass is 858 g/mol. The molecule has 280 valence electrons. The molecule has 0 aromatic heterocycles. The van der Waals surface area contributed by atoms with Crippen LogP contribution in [0.25, 0.3) is 22.3 Å². The Morgan fingerprint density at radius 2 is 1.28 bits per heavy atom. The topological polar surface area (TPSA) is 0 Å². The van der Waals surface area contributed by atoms with Crippen molar-refractivity contribution in [3.05, 3.63) is 164 Å². The third-order valence-corrected chi connectivity index (χ3v) is 10.0. The maximum absolute atomic E-state index is 5.51. The zero-order chi connectivity index (χ0) is 37.7. The predicted octanol–water partition coefficient (Wildman–Crippen LogP) is 14.5. The molecule has 4 aromatic carbocycles. The summed E-state index contributed by atoms with van der Waals surface area (Å²) in [6.45, 7) is 22.5. The first-order chi connectivity index (χ1) is 24.0. The summed E-state index contributed by atoms with van der Waals surface area (Å²) in [5, 5.41) is 1.48. The van der Waals surface area contributed by atoms with E-state index in [9.17, 15) is 0 Å². The van der Waals surface area contributed by atoms with Crippen LogP contribution < -0.4 is 0 Å². The van der Waals surface area contributed by atoms with Gasteiger partial charge in [0, 0.05) is 5.41 Å². The Hall–Kier alpha value is -2.25. The van der Waals surface area contributed by atoms with Crippen LogP contribution in [0.5, 0.6) is 0 Å². The summed E-state index contributed by atoms with van der Waals surface area (Å²) in [4.78, 5) is 0. The van der Waals surface area contributed by atoms with Gasteiger partial charge in [-0.2, -0.15) is 101 Å². The first-order valence-corrected chi connectivity index (χ1v) is 20.0. The summed E-state index contributed by atoms with van der Waals surface area (Å²) < 4.78 is 3.34. The van der Waals surface area contributed by atoms with Crippen LogP contribution in [0.1, 0.15) is 103 Å². The van der Waals surface area contributed by atoms with Gasteiger partial charge in [0.05, 0.1) is 0 Å². The molecule has 0 saturated carbocycles. The van der Waals surface area contributed by atoms with Gasteiger partial charge in [-0.15, -0.1) is 36.4 Å². The molecule has 0 radical (unpaired) electrons. The van der Waals surface area contributed by atoms with Crippen LogP contribution in [0.3, 0.4) is 0 Å². The number of rotatable bonds is 0. The van der Waals surface area contributed by atoms with Crippen molar-refractivity contribution in [3.8, 4) is 11.1 Å². The Bertz CT molecular complexity index is 1850. The van der Waals surface area contributed by atoms with E-state index in [1.165, 1.54) is 85.5 Å². The van der Waals surface area contributed by atoms with E-state index in [-0.39, 0.29) is 35.6 Å². The van der Waals surface area contributed by atoms with Gasteiger partial charge in [-0.05, 0) is 58.4 Å². The fourth-order valence-corrected chi connectivity index (χ4v) is 7.34. The van der Waals surface area contributed by atoms with Crippen molar-refractivity contribution in [3.63, 3.8) is 0 Å². The average Bonchev–Trinajstić information content (AvgIpc) is 3.79. The van der Waals surface area contributed by atoms with E-state index in [1.54, 1.807) is 12.1 Å².